The van der Waals surface area contributed by atoms with Gasteiger partial charge in [-0.1, -0.05) is 29.8 Å². The monoisotopic (exact) mass is 205 g/mol. The quantitative estimate of drug-likeness (QED) is 0.662. The molecule has 0 atom stereocenters. The fraction of sp³-hybridized carbons (Fsp3) is 0. The van der Waals surface area contributed by atoms with E-state index in [1.165, 1.54) is 6.07 Å². The van der Waals surface area contributed by atoms with Crippen LogP contribution in [0.25, 0.3) is 11.1 Å². The Morgan fingerprint density at radius 3 is 2.43 bits per heavy atom. The molecule has 0 fully saturated rings. The van der Waals surface area contributed by atoms with Crippen LogP contribution in [0.1, 0.15) is 0 Å². The molecule has 0 aliphatic carbocycles. The topological polar surface area (TPSA) is 0 Å². The Morgan fingerprint density at radius 2 is 1.79 bits per heavy atom. The molecule has 0 heterocycles. The molecular formula is C12H7ClF. The molecule has 0 amide bonds. The van der Waals surface area contributed by atoms with Crippen molar-refractivity contribution in [1.82, 2.24) is 0 Å². The average molecular weight is 206 g/mol. The molecule has 0 aliphatic rings. The minimum absolute atomic E-state index is 0.244. The van der Waals surface area contributed by atoms with Crippen LogP contribution in [0, 0.1) is 11.9 Å². The van der Waals surface area contributed by atoms with Gasteiger partial charge in [0.1, 0.15) is 5.82 Å². The van der Waals surface area contributed by atoms with E-state index in [9.17, 15) is 4.39 Å². The first-order valence-electron chi connectivity index (χ1n) is 4.19. The second-order valence-electron chi connectivity index (χ2n) is 2.91. The molecule has 2 aromatic carbocycles. The summed E-state index contributed by atoms with van der Waals surface area (Å²) >= 11 is 5.74. The van der Waals surface area contributed by atoms with Gasteiger partial charge in [-0.15, -0.1) is 0 Å². The van der Waals surface area contributed by atoms with Crippen molar-refractivity contribution in [3.63, 3.8) is 0 Å². The largest absolute Gasteiger partial charge is 0.206 e. The van der Waals surface area contributed by atoms with Gasteiger partial charge in [0.15, 0.2) is 0 Å². The third-order valence-corrected chi connectivity index (χ3v) is 2.22. The van der Waals surface area contributed by atoms with Crippen molar-refractivity contribution in [1.29, 1.82) is 0 Å². The first-order chi connectivity index (χ1) is 6.77. The molecule has 69 valence electrons. The predicted octanol–water partition coefficient (Wildman–Crippen LogP) is 3.95. The molecular weight excluding hydrogens is 199 g/mol. The Bertz CT molecular complexity index is 434. The van der Waals surface area contributed by atoms with Crippen molar-refractivity contribution < 1.29 is 4.39 Å². The van der Waals surface area contributed by atoms with Gasteiger partial charge in [0, 0.05) is 10.6 Å². The van der Waals surface area contributed by atoms with Crippen LogP contribution >= 0.6 is 11.6 Å². The standard InChI is InChI=1S/C12H7ClF/c13-10-7-5-9(6-8-10)11-3-1-2-4-12(11)14/h2-8H. The lowest BCUT2D eigenvalue weighted by molar-refractivity contribution is 0.631. The van der Waals surface area contributed by atoms with Gasteiger partial charge in [0.2, 0.25) is 0 Å². The van der Waals surface area contributed by atoms with Crippen molar-refractivity contribution in [3.05, 3.63) is 59.4 Å². The Balaban J connectivity index is 2.50. The molecule has 0 unspecified atom stereocenters. The molecule has 0 aromatic heterocycles. The molecule has 2 aromatic rings. The van der Waals surface area contributed by atoms with Gasteiger partial charge in [-0.05, 0) is 35.9 Å². The van der Waals surface area contributed by atoms with Crippen LogP contribution < -0.4 is 0 Å². The Morgan fingerprint density at radius 1 is 1.07 bits per heavy atom. The zero-order valence-corrected chi connectivity index (χ0v) is 8.05. The molecule has 0 N–H and O–H groups in total. The fourth-order valence-electron chi connectivity index (χ4n) is 1.26. The van der Waals surface area contributed by atoms with E-state index in [1.54, 1.807) is 36.4 Å². The summed E-state index contributed by atoms with van der Waals surface area (Å²) in [5.74, 6) is -0.244. The highest BCUT2D eigenvalue weighted by Gasteiger charge is 2.02. The normalized spacial score (nSPS) is 10.1. The van der Waals surface area contributed by atoms with Crippen LogP contribution in [0.3, 0.4) is 0 Å². The second-order valence-corrected chi connectivity index (χ2v) is 3.35. The average Bonchev–Trinajstić information content (AvgIpc) is 2.20. The van der Waals surface area contributed by atoms with E-state index in [0.29, 0.717) is 10.6 Å². The van der Waals surface area contributed by atoms with Crippen LogP contribution in [0.15, 0.2) is 42.5 Å². The summed E-state index contributed by atoms with van der Waals surface area (Å²) in [7, 11) is 0. The van der Waals surface area contributed by atoms with Crippen molar-refractivity contribution >= 4 is 11.6 Å². The highest BCUT2D eigenvalue weighted by molar-refractivity contribution is 6.30. The van der Waals surface area contributed by atoms with E-state index in [2.05, 4.69) is 6.07 Å². The molecule has 0 saturated heterocycles. The summed E-state index contributed by atoms with van der Waals surface area (Å²) in [6, 6.07) is 14.5. The van der Waals surface area contributed by atoms with E-state index in [0.717, 1.165) is 5.56 Å². The smallest absolute Gasteiger partial charge is 0.131 e. The van der Waals surface area contributed by atoms with Crippen LogP contribution in [0.5, 0.6) is 0 Å². The van der Waals surface area contributed by atoms with Gasteiger partial charge < -0.3 is 0 Å². The van der Waals surface area contributed by atoms with Gasteiger partial charge in [0.05, 0.1) is 0 Å². The van der Waals surface area contributed by atoms with Gasteiger partial charge in [-0.25, -0.2) is 4.39 Å². The van der Waals surface area contributed by atoms with Gasteiger partial charge in [0.25, 0.3) is 0 Å². The van der Waals surface area contributed by atoms with Gasteiger partial charge in [-0.2, -0.15) is 0 Å². The first kappa shape index (κ1) is 9.22. The molecule has 0 saturated carbocycles. The summed E-state index contributed by atoms with van der Waals surface area (Å²) in [6.07, 6.45) is 0. The second kappa shape index (κ2) is 3.81. The SMILES string of the molecule is Fc1cc[c]cc1-c1ccc(Cl)cc1. The minimum atomic E-state index is -0.244. The number of benzene rings is 2. The predicted molar refractivity (Wildman–Crippen MR) is 55.7 cm³/mol. The molecule has 0 nitrogen and oxygen atoms in total. The van der Waals surface area contributed by atoms with Crippen molar-refractivity contribution in [2.75, 3.05) is 0 Å². The van der Waals surface area contributed by atoms with E-state index >= 15 is 0 Å². The van der Waals surface area contributed by atoms with Crippen molar-refractivity contribution in [2.45, 2.75) is 0 Å². The molecule has 2 rings (SSSR count). The lowest BCUT2D eigenvalue weighted by atomic mass is 10.1. The maximum Gasteiger partial charge on any atom is 0.131 e. The van der Waals surface area contributed by atoms with Gasteiger partial charge in [-0.3, -0.25) is 0 Å². The Hall–Kier alpha value is -1.34. The lowest BCUT2D eigenvalue weighted by Crippen LogP contribution is -1.82. The van der Waals surface area contributed by atoms with Gasteiger partial charge >= 0.3 is 0 Å². The maximum atomic E-state index is 13.3. The van der Waals surface area contributed by atoms with Crippen LogP contribution in [0.4, 0.5) is 4.39 Å². The molecule has 14 heavy (non-hydrogen) atoms. The van der Waals surface area contributed by atoms with E-state index in [1.807, 2.05) is 0 Å². The summed E-state index contributed by atoms with van der Waals surface area (Å²) in [4.78, 5) is 0. The van der Waals surface area contributed by atoms with E-state index < -0.39 is 0 Å². The third-order valence-electron chi connectivity index (χ3n) is 1.97. The molecule has 0 aliphatic heterocycles. The van der Waals surface area contributed by atoms with Crippen LogP contribution in [0.2, 0.25) is 5.02 Å². The molecule has 0 bridgehead atoms. The summed E-state index contributed by atoms with van der Waals surface area (Å²) in [5, 5.41) is 0.647. The molecule has 0 spiro atoms. The van der Waals surface area contributed by atoms with Crippen molar-refractivity contribution in [2.24, 2.45) is 0 Å². The highest BCUT2D eigenvalue weighted by atomic mass is 35.5. The van der Waals surface area contributed by atoms with E-state index in [4.69, 9.17) is 11.6 Å². The maximum absolute atomic E-state index is 13.3. The van der Waals surface area contributed by atoms with Crippen LogP contribution in [-0.4, -0.2) is 0 Å². The summed E-state index contributed by atoms with van der Waals surface area (Å²) < 4.78 is 13.3. The molecule has 2 heteroatoms. The minimum Gasteiger partial charge on any atom is -0.206 e. The van der Waals surface area contributed by atoms with Crippen LogP contribution in [-0.2, 0) is 0 Å². The van der Waals surface area contributed by atoms with Crippen molar-refractivity contribution in [3.8, 4) is 11.1 Å². The number of halogens is 2. The third kappa shape index (κ3) is 1.78. The number of hydrogen-bond acceptors (Lipinski definition) is 0. The zero-order valence-electron chi connectivity index (χ0n) is 7.30. The fourth-order valence-corrected chi connectivity index (χ4v) is 1.39. The summed E-state index contributed by atoms with van der Waals surface area (Å²) in [5.41, 5.74) is 1.35. The number of rotatable bonds is 1. The Labute approximate surface area is 87.0 Å². The zero-order chi connectivity index (χ0) is 9.97. The molecule has 1 radical (unpaired) electrons. The first-order valence-corrected chi connectivity index (χ1v) is 4.57. The number of hydrogen-bond donors (Lipinski definition) is 0. The summed E-state index contributed by atoms with van der Waals surface area (Å²) in [6.45, 7) is 0. The Kier molecular flexibility index (Phi) is 2.51. The lowest BCUT2D eigenvalue weighted by Gasteiger charge is -2.02. The van der Waals surface area contributed by atoms with E-state index in [-0.39, 0.29) is 5.82 Å². The highest BCUT2D eigenvalue weighted by Crippen LogP contribution is 2.23.